The summed E-state index contributed by atoms with van der Waals surface area (Å²) >= 11 is 0. The van der Waals surface area contributed by atoms with Gasteiger partial charge in [0.2, 0.25) is 0 Å². The van der Waals surface area contributed by atoms with Gasteiger partial charge < -0.3 is 14.8 Å². The molecule has 0 unspecified atom stereocenters. The van der Waals surface area contributed by atoms with Gasteiger partial charge in [-0.2, -0.15) is 8.78 Å². The third-order valence-electron chi connectivity index (χ3n) is 4.24. The van der Waals surface area contributed by atoms with E-state index < -0.39 is 6.61 Å². The average Bonchev–Trinajstić information content (AvgIpc) is 2.54. The number of piperidine rings is 1. The van der Waals surface area contributed by atoms with Crippen LogP contribution in [0.25, 0.3) is 0 Å². The van der Waals surface area contributed by atoms with E-state index >= 15 is 0 Å². The molecule has 1 aliphatic rings. The van der Waals surface area contributed by atoms with Crippen LogP contribution in [-0.2, 0) is 6.54 Å². The largest absolute Gasteiger partial charge is 0.493 e. The van der Waals surface area contributed by atoms with Crippen LogP contribution in [0, 0.1) is 5.92 Å². The van der Waals surface area contributed by atoms with Crippen LogP contribution >= 0.6 is 12.4 Å². The Hall–Kier alpha value is -1.11. The van der Waals surface area contributed by atoms with Crippen LogP contribution in [0.5, 0.6) is 11.5 Å². The van der Waals surface area contributed by atoms with E-state index in [0.29, 0.717) is 5.75 Å². The van der Waals surface area contributed by atoms with Gasteiger partial charge in [0.05, 0.1) is 7.11 Å². The van der Waals surface area contributed by atoms with Crippen molar-refractivity contribution in [3.63, 3.8) is 0 Å². The summed E-state index contributed by atoms with van der Waals surface area (Å²) in [4.78, 5) is 2.36. The van der Waals surface area contributed by atoms with Gasteiger partial charge in [0, 0.05) is 6.54 Å². The molecule has 0 bridgehead atoms. The number of nitrogens with one attached hydrogen (secondary N) is 1. The van der Waals surface area contributed by atoms with Gasteiger partial charge in [-0.15, -0.1) is 12.4 Å². The van der Waals surface area contributed by atoms with Crippen LogP contribution in [-0.4, -0.2) is 44.8 Å². The van der Waals surface area contributed by atoms with Crippen molar-refractivity contribution in [2.45, 2.75) is 32.9 Å². The molecule has 2 rings (SSSR count). The molecule has 0 spiro atoms. The van der Waals surface area contributed by atoms with Crippen LogP contribution < -0.4 is 14.8 Å². The Bertz CT molecular complexity index is 484. The molecule has 7 heteroatoms. The van der Waals surface area contributed by atoms with Crippen molar-refractivity contribution in [3.05, 3.63) is 23.8 Å². The Labute approximate surface area is 148 Å². The van der Waals surface area contributed by atoms with Gasteiger partial charge in [0.1, 0.15) is 0 Å². The summed E-state index contributed by atoms with van der Waals surface area (Å²) in [6.45, 7) is 4.19. The summed E-state index contributed by atoms with van der Waals surface area (Å²) in [5, 5.41) is 3.40. The highest BCUT2D eigenvalue weighted by Crippen LogP contribution is 2.30. The Morgan fingerprint density at radius 1 is 1.25 bits per heavy atom. The molecule has 1 aliphatic heterocycles. The summed E-state index contributed by atoms with van der Waals surface area (Å²) in [6.07, 6.45) is 2.34. The van der Waals surface area contributed by atoms with E-state index in [0.717, 1.165) is 44.2 Å². The molecule has 24 heavy (non-hydrogen) atoms. The van der Waals surface area contributed by atoms with E-state index in [9.17, 15) is 8.78 Å². The second-order valence-electron chi connectivity index (χ2n) is 5.89. The van der Waals surface area contributed by atoms with Gasteiger partial charge in [0.25, 0.3) is 0 Å². The Morgan fingerprint density at radius 3 is 2.54 bits per heavy atom. The van der Waals surface area contributed by atoms with Crippen LogP contribution in [0.1, 0.15) is 25.3 Å². The molecule has 1 heterocycles. The molecule has 1 aromatic carbocycles. The summed E-state index contributed by atoms with van der Waals surface area (Å²) in [5.74, 6) is 1.17. The highest BCUT2D eigenvalue weighted by molar-refractivity contribution is 5.85. The molecular formula is C17H27ClF2N2O2. The van der Waals surface area contributed by atoms with Gasteiger partial charge in [-0.3, -0.25) is 4.90 Å². The summed E-state index contributed by atoms with van der Waals surface area (Å²) < 4.78 is 34.6. The first-order valence-corrected chi connectivity index (χ1v) is 8.17. The molecule has 0 radical (unpaired) electrons. The van der Waals surface area contributed by atoms with Gasteiger partial charge in [0.15, 0.2) is 11.5 Å². The predicted octanol–water partition coefficient (Wildman–Crippen LogP) is 3.54. The fourth-order valence-corrected chi connectivity index (χ4v) is 2.96. The highest BCUT2D eigenvalue weighted by atomic mass is 35.5. The Balaban J connectivity index is 0.00000288. The number of ether oxygens (including phenoxy) is 2. The number of alkyl halides is 2. The van der Waals surface area contributed by atoms with Crippen molar-refractivity contribution in [2.24, 2.45) is 5.92 Å². The lowest BCUT2D eigenvalue weighted by molar-refractivity contribution is -0.0512. The van der Waals surface area contributed by atoms with E-state index in [-0.39, 0.29) is 18.2 Å². The zero-order chi connectivity index (χ0) is 16.7. The summed E-state index contributed by atoms with van der Waals surface area (Å²) in [6, 6.07) is 5.24. The summed E-state index contributed by atoms with van der Waals surface area (Å²) in [5.41, 5.74) is 0.964. The normalized spacial score (nSPS) is 16.0. The molecule has 0 saturated carbocycles. The quantitative estimate of drug-likeness (QED) is 0.765. The van der Waals surface area contributed by atoms with Crippen LogP contribution in [0.4, 0.5) is 8.78 Å². The molecule has 0 aromatic heterocycles. The van der Waals surface area contributed by atoms with Gasteiger partial charge in [-0.05, 0) is 62.6 Å². The molecule has 0 atom stereocenters. The fourth-order valence-electron chi connectivity index (χ4n) is 2.96. The minimum absolute atomic E-state index is 0. The van der Waals surface area contributed by atoms with E-state index in [4.69, 9.17) is 4.74 Å². The average molecular weight is 365 g/mol. The van der Waals surface area contributed by atoms with Gasteiger partial charge in [-0.25, -0.2) is 0 Å². The first-order chi connectivity index (χ1) is 11.1. The number of halogens is 3. The monoisotopic (exact) mass is 364 g/mol. The van der Waals surface area contributed by atoms with Crippen LogP contribution in [0.3, 0.4) is 0 Å². The molecule has 0 amide bonds. The minimum atomic E-state index is -2.85. The van der Waals surface area contributed by atoms with Crippen molar-refractivity contribution < 1.29 is 18.3 Å². The summed E-state index contributed by atoms with van der Waals surface area (Å²) in [7, 11) is 1.45. The smallest absolute Gasteiger partial charge is 0.387 e. The molecular weight excluding hydrogens is 338 g/mol. The zero-order valence-electron chi connectivity index (χ0n) is 14.3. The molecule has 1 saturated heterocycles. The fraction of sp³-hybridized carbons (Fsp3) is 0.647. The van der Waals surface area contributed by atoms with Crippen molar-refractivity contribution >= 4 is 12.4 Å². The first-order valence-electron chi connectivity index (χ1n) is 8.17. The van der Waals surface area contributed by atoms with Gasteiger partial charge >= 0.3 is 6.61 Å². The SMILES string of the molecule is CCNCC1CCN(Cc2ccc(OC)c(OC(F)F)c2)CC1.Cl. The minimum Gasteiger partial charge on any atom is -0.493 e. The van der Waals surface area contributed by atoms with Crippen molar-refractivity contribution in [2.75, 3.05) is 33.3 Å². The molecule has 1 fully saturated rings. The predicted molar refractivity (Wildman–Crippen MR) is 93.4 cm³/mol. The maximum atomic E-state index is 12.5. The van der Waals surface area contributed by atoms with Crippen LogP contribution in [0.2, 0.25) is 0 Å². The van der Waals surface area contributed by atoms with Crippen molar-refractivity contribution in [3.8, 4) is 11.5 Å². The van der Waals surface area contributed by atoms with E-state index in [1.165, 1.54) is 20.0 Å². The number of hydrogen-bond donors (Lipinski definition) is 1. The highest BCUT2D eigenvalue weighted by Gasteiger charge is 2.19. The molecule has 4 nitrogen and oxygen atoms in total. The number of methoxy groups -OCH3 is 1. The van der Waals surface area contributed by atoms with E-state index in [1.54, 1.807) is 12.1 Å². The van der Waals surface area contributed by atoms with E-state index in [1.807, 2.05) is 6.07 Å². The lowest BCUT2D eigenvalue weighted by Crippen LogP contribution is -2.36. The Kier molecular flexibility index (Phi) is 9.33. The number of likely N-dealkylation sites (tertiary alicyclic amines) is 1. The van der Waals surface area contributed by atoms with Gasteiger partial charge in [-0.1, -0.05) is 13.0 Å². The maximum absolute atomic E-state index is 12.5. The van der Waals surface area contributed by atoms with E-state index in [2.05, 4.69) is 21.9 Å². The third kappa shape index (κ3) is 6.42. The first kappa shape index (κ1) is 20.9. The van der Waals surface area contributed by atoms with Crippen molar-refractivity contribution in [1.82, 2.24) is 10.2 Å². The second kappa shape index (κ2) is 10.7. The standard InChI is InChI=1S/C17H26F2N2O2.ClH/c1-3-20-11-13-6-8-21(9-7-13)12-14-4-5-15(22-2)16(10-14)23-17(18)19;/h4-5,10,13,17,20H,3,6-9,11-12H2,1-2H3;1H. The number of hydrogen-bond acceptors (Lipinski definition) is 4. The second-order valence-corrected chi connectivity index (χ2v) is 5.89. The number of rotatable bonds is 8. The molecule has 0 aliphatic carbocycles. The van der Waals surface area contributed by atoms with Crippen LogP contribution in [0.15, 0.2) is 18.2 Å². The number of nitrogens with zero attached hydrogens (tertiary/aromatic N) is 1. The molecule has 138 valence electrons. The topological polar surface area (TPSA) is 33.7 Å². The third-order valence-corrected chi connectivity index (χ3v) is 4.24. The lowest BCUT2D eigenvalue weighted by Gasteiger charge is -2.32. The molecule has 1 aromatic rings. The maximum Gasteiger partial charge on any atom is 0.387 e. The van der Waals surface area contributed by atoms with Crippen molar-refractivity contribution in [1.29, 1.82) is 0 Å². The number of benzene rings is 1. The zero-order valence-corrected chi connectivity index (χ0v) is 15.1. The molecule has 1 N–H and O–H groups in total. The Morgan fingerprint density at radius 2 is 1.96 bits per heavy atom. The lowest BCUT2D eigenvalue weighted by atomic mass is 9.96.